The quantitative estimate of drug-likeness (QED) is 0.709. The second kappa shape index (κ2) is 8.67. The minimum atomic E-state index is -0.0533. The minimum Gasteiger partial charge on any atom is -0.395 e. The number of rotatable bonds is 7. The van der Waals surface area contributed by atoms with Crippen LogP contribution in [0.25, 0.3) is 0 Å². The molecule has 1 aliphatic carbocycles. The zero-order valence-corrected chi connectivity index (χ0v) is 17.1. The first-order valence-electron chi connectivity index (χ1n) is 10.7. The minimum absolute atomic E-state index is 0.0405. The lowest BCUT2D eigenvalue weighted by Gasteiger charge is -2.33. The summed E-state index contributed by atoms with van der Waals surface area (Å²) in [5, 5.41) is 12.1. The molecule has 4 rings (SSSR count). The monoisotopic (exact) mass is 401 g/mol. The van der Waals surface area contributed by atoms with Crippen molar-refractivity contribution in [2.45, 2.75) is 25.7 Å². The number of hydrogen-bond donors (Lipinski definition) is 2. The molecule has 8 nitrogen and oxygen atoms in total. The van der Waals surface area contributed by atoms with Crippen molar-refractivity contribution in [2.24, 2.45) is 11.8 Å². The molecule has 0 bridgehead atoms. The summed E-state index contributed by atoms with van der Waals surface area (Å²) in [7, 11) is 1.84. The van der Waals surface area contributed by atoms with Crippen molar-refractivity contribution in [1.29, 1.82) is 0 Å². The molecule has 8 heteroatoms. The standard InChI is InChI=1S/C21H31N5O3/c1-24(13-16-4-6-25(7-5-16)8-9-27)21(29)17-10-18-20(22-11-17)23-12-19(28)26(18)14-15-2-3-15/h10-11,15-16,27H,2-9,12-14H2,1H3,(H,22,23). The van der Waals surface area contributed by atoms with Crippen molar-refractivity contribution in [1.82, 2.24) is 14.8 Å². The number of piperidine rings is 1. The Kier molecular flexibility index (Phi) is 6.01. The SMILES string of the molecule is CN(CC1CCN(CCO)CC1)C(=O)c1cnc2c(c1)N(CC1CC1)C(=O)CN2. The number of hydrogen-bond acceptors (Lipinski definition) is 6. The molecule has 0 atom stereocenters. The first kappa shape index (κ1) is 20.1. The van der Waals surface area contributed by atoms with E-state index >= 15 is 0 Å². The van der Waals surface area contributed by atoms with Gasteiger partial charge >= 0.3 is 0 Å². The Hall–Kier alpha value is -2.19. The maximum Gasteiger partial charge on any atom is 0.255 e. The number of aliphatic hydroxyl groups is 1. The van der Waals surface area contributed by atoms with Gasteiger partial charge in [-0.25, -0.2) is 4.98 Å². The molecule has 1 aromatic heterocycles. The molecule has 158 valence electrons. The summed E-state index contributed by atoms with van der Waals surface area (Å²) in [6.07, 6.45) is 6.01. The summed E-state index contributed by atoms with van der Waals surface area (Å²) in [5.74, 6) is 1.71. The van der Waals surface area contributed by atoms with Crippen LogP contribution < -0.4 is 10.2 Å². The summed E-state index contributed by atoms with van der Waals surface area (Å²) in [5.41, 5.74) is 1.26. The van der Waals surface area contributed by atoms with E-state index in [1.54, 1.807) is 16.0 Å². The Bertz CT molecular complexity index is 759. The van der Waals surface area contributed by atoms with Gasteiger partial charge in [-0.05, 0) is 56.7 Å². The van der Waals surface area contributed by atoms with Crippen LogP contribution in [0.1, 0.15) is 36.0 Å². The third-order valence-corrected chi connectivity index (χ3v) is 6.25. The summed E-state index contributed by atoms with van der Waals surface area (Å²) in [6, 6.07) is 1.82. The molecular weight excluding hydrogens is 370 g/mol. The molecule has 0 unspecified atom stereocenters. The summed E-state index contributed by atoms with van der Waals surface area (Å²) in [6.45, 7) is 4.56. The van der Waals surface area contributed by atoms with Crippen molar-refractivity contribution in [2.75, 3.05) is 63.1 Å². The van der Waals surface area contributed by atoms with Gasteiger partial charge in [0.25, 0.3) is 5.91 Å². The highest BCUT2D eigenvalue weighted by atomic mass is 16.3. The number of amides is 2. The van der Waals surface area contributed by atoms with Crippen LogP contribution in [0.15, 0.2) is 12.3 Å². The van der Waals surface area contributed by atoms with E-state index < -0.39 is 0 Å². The zero-order chi connectivity index (χ0) is 20.4. The fourth-order valence-corrected chi connectivity index (χ4v) is 4.28. The topological polar surface area (TPSA) is 89.0 Å². The van der Waals surface area contributed by atoms with Gasteiger partial charge in [-0.15, -0.1) is 0 Å². The van der Waals surface area contributed by atoms with E-state index in [9.17, 15) is 9.59 Å². The average molecular weight is 402 g/mol. The first-order valence-corrected chi connectivity index (χ1v) is 10.7. The number of carbonyl (C=O) groups excluding carboxylic acids is 2. The molecule has 2 amide bonds. The Morgan fingerprint density at radius 3 is 2.72 bits per heavy atom. The summed E-state index contributed by atoms with van der Waals surface area (Å²) in [4.78, 5) is 35.7. The number of aliphatic hydroxyl groups excluding tert-OH is 1. The molecular formula is C21H31N5O3. The second-order valence-electron chi connectivity index (χ2n) is 8.59. The predicted octanol–water partition coefficient (Wildman–Crippen LogP) is 1.03. The summed E-state index contributed by atoms with van der Waals surface area (Å²) < 4.78 is 0. The molecule has 2 N–H and O–H groups in total. The normalized spacial score (nSPS) is 20.3. The molecule has 1 saturated heterocycles. The number of aromatic nitrogens is 1. The van der Waals surface area contributed by atoms with E-state index in [0.717, 1.165) is 44.7 Å². The van der Waals surface area contributed by atoms with Crippen LogP contribution >= 0.6 is 0 Å². The molecule has 0 aromatic carbocycles. The van der Waals surface area contributed by atoms with Crippen LogP contribution in [0.5, 0.6) is 0 Å². The molecule has 2 aliphatic heterocycles. The van der Waals surface area contributed by atoms with Crippen molar-refractivity contribution in [3.8, 4) is 0 Å². The number of β-amino-alcohol motifs (C(OH)–C–C–N with tert-alkyl or cyclic N) is 1. The highest BCUT2D eigenvalue weighted by molar-refractivity contribution is 6.04. The average Bonchev–Trinajstić information content (AvgIpc) is 3.55. The van der Waals surface area contributed by atoms with Gasteiger partial charge < -0.3 is 25.1 Å². The van der Waals surface area contributed by atoms with E-state index in [1.165, 1.54) is 12.8 Å². The molecule has 3 heterocycles. The van der Waals surface area contributed by atoms with E-state index in [1.807, 2.05) is 13.1 Å². The second-order valence-corrected chi connectivity index (χ2v) is 8.59. The number of carbonyl (C=O) groups is 2. The Morgan fingerprint density at radius 2 is 2.03 bits per heavy atom. The fraction of sp³-hybridized carbons (Fsp3) is 0.667. The van der Waals surface area contributed by atoms with E-state index in [-0.39, 0.29) is 25.0 Å². The lowest BCUT2D eigenvalue weighted by atomic mass is 9.96. The van der Waals surface area contributed by atoms with Crippen LogP contribution in [-0.4, -0.2) is 84.6 Å². The highest BCUT2D eigenvalue weighted by Gasteiger charge is 2.32. The van der Waals surface area contributed by atoms with Crippen LogP contribution in [0, 0.1) is 11.8 Å². The largest absolute Gasteiger partial charge is 0.395 e. The maximum absolute atomic E-state index is 13.0. The number of likely N-dealkylation sites (tertiary alicyclic amines) is 1. The summed E-state index contributed by atoms with van der Waals surface area (Å²) >= 11 is 0. The molecule has 1 saturated carbocycles. The number of pyridine rings is 1. The van der Waals surface area contributed by atoms with E-state index in [2.05, 4.69) is 15.2 Å². The van der Waals surface area contributed by atoms with E-state index in [0.29, 0.717) is 29.8 Å². The number of nitrogens with one attached hydrogen (secondary N) is 1. The number of fused-ring (bicyclic) bond motifs is 1. The van der Waals surface area contributed by atoms with Gasteiger partial charge in [0.15, 0.2) is 0 Å². The maximum atomic E-state index is 13.0. The van der Waals surface area contributed by atoms with Gasteiger partial charge in [-0.3, -0.25) is 9.59 Å². The number of anilines is 2. The molecule has 29 heavy (non-hydrogen) atoms. The fourth-order valence-electron chi connectivity index (χ4n) is 4.28. The smallest absolute Gasteiger partial charge is 0.255 e. The third-order valence-electron chi connectivity index (χ3n) is 6.25. The van der Waals surface area contributed by atoms with Crippen LogP contribution in [0.4, 0.5) is 11.5 Å². The van der Waals surface area contributed by atoms with Crippen LogP contribution in [0.3, 0.4) is 0 Å². The third kappa shape index (κ3) is 4.70. The van der Waals surface area contributed by atoms with Crippen molar-refractivity contribution in [3.63, 3.8) is 0 Å². The lowest BCUT2D eigenvalue weighted by Crippen LogP contribution is -2.42. The van der Waals surface area contributed by atoms with Gasteiger partial charge in [-0.2, -0.15) is 0 Å². The van der Waals surface area contributed by atoms with Crippen LogP contribution in [0.2, 0.25) is 0 Å². The van der Waals surface area contributed by atoms with Crippen molar-refractivity contribution >= 4 is 23.3 Å². The molecule has 1 aromatic rings. The van der Waals surface area contributed by atoms with Crippen LogP contribution in [-0.2, 0) is 4.79 Å². The molecule has 0 spiro atoms. The van der Waals surface area contributed by atoms with Crippen molar-refractivity contribution in [3.05, 3.63) is 17.8 Å². The number of nitrogens with zero attached hydrogens (tertiary/aromatic N) is 4. The molecule has 2 fully saturated rings. The molecule has 0 radical (unpaired) electrons. The van der Waals surface area contributed by atoms with Gasteiger partial charge in [0.1, 0.15) is 5.82 Å². The van der Waals surface area contributed by atoms with Gasteiger partial charge in [0.2, 0.25) is 5.91 Å². The Labute approximate surface area is 171 Å². The van der Waals surface area contributed by atoms with Gasteiger partial charge in [0.05, 0.1) is 24.4 Å². The van der Waals surface area contributed by atoms with Crippen molar-refractivity contribution < 1.29 is 14.7 Å². The predicted molar refractivity (Wildman–Crippen MR) is 111 cm³/mol. The first-order chi connectivity index (χ1) is 14.0. The lowest BCUT2D eigenvalue weighted by molar-refractivity contribution is -0.117. The zero-order valence-electron chi connectivity index (χ0n) is 17.1. The Morgan fingerprint density at radius 1 is 1.28 bits per heavy atom. The van der Waals surface area contributed by atoms with E-state index in [4.69, 9.17) is 5.11 Å². The van der Waals surface area contributed by atoms with Gasteiger partial charge in [0, 0.05) is 32.9 Å². The van der Waals surface area contributed by atoms with Gasteiger partial charge in [-0.1, -0.05) is 0 Å². The highest BCUT2D eigenvalue weighted by Crippen LogP contribution is 2.35. The Balaban J connectivity index is 1.41. The molecule has 3 aliphatic rings.